The maximum atomic E-state index is 6.09. The molecule has 0 saturated heterocycles. The van der Waals surface area contributed by atoms with E-state index in [-0.39, 0.29) is 6.04 Å². The van der Waals surface area contributed by atoms with Gasteiger partial charge in [-0.25, -0.2) is 4.68 Å². The Bertz CT molecular complexity index is 542. The summed E-state index contributed by atoms with van der Waals surface area (Å²) in [5.41, 5.74) is 10.9. The molecule has 0 bridgehead atoms. The zero-order valence-electron chi connectivity index (χ0n) is 10.1. The Morgan fingerprint density at radius 3 is 3.06 bits per heavy atom. The van der Waals surface area contributed by atoms with Gasteiger partial charge in [0, 0.05) is 12.2 Å². The first-order valence-corrected chi connectivity index (χ1v) is 6.15. The standard InChI is InChI=1S/C14H17N3/c1-10-4-2-6-12(8-10)17-9-11-5-3-7-13(15)14(11)16-17/h2,4,6,8-9,13H,3,5,7,15H2,1H3. The normalized spacial score (nSPS) is 19.1. The van der Waals surface area contributed by atoms with Crippen LogP contribution in [0.25, 0.3) is 5.69 Å². The van der Waals surface area contributed by atoms with Crippen LogP contribution in [0.3, 0.4) is 0 Å². The molecule has 88 valence electrons. The molecule has 3 nitrogen and oxygen atoms in total. The van der Waals surface area contributed by atoms with Crippen LogP contribution in [-0.2, 0) is 6.42 Å². The van der Waals surface area contributed by atoms with Crippen molar-refractivity contribution in [2.24, 2.45) is 5.73 Å². The van der Waals surface area contributed by atoms with Crippen LogP contribution in [0.15, 0.2) is 30.5 Å². The largest absolute Gasteiger partial charge is 0.323 e. The SMILES string of the molecule is Cc1cccc(-n2cc3c(n2)C(N)CCC3)c1. The maximum absolute atomic E-state index is 6.09. The van der Waals surface area contributed by atoms with Crippen molar-refractivity contribution >= 4 is 0 Å². The molecule has 0 fully saturated rings. The van der Waals surface area contributed by atoms with Crippen LogP contribution in [0.5, 0.6) is 0 Å². The molecule has 2 N–H and O–H groups in total. The number of fused-ring (bicyclic) bond motifs is 1. The second-order valence-electron chi connectivity index (χ2n) is 4.82. The van der Waals surface area contributed by atoms with Gasteiger partial charge in [-0.15, -0.1) is 0 Å². The molecule has 1 aromatic carbocycles. The van der Waals surface area contributed by atoms with Gasteiger partial charge in [-0.3, -0.25) is 0 Å². The summed E-state index contributed by atoms with van der Waals surface area (Å²) in [6.07, 6.45) is 5.46. The third-order valence-electron chi connectivity index (χ3n) is 3.40. The van der Waals surface area contributed by atoms with E-state index in [1.54, 1.807) is 0 Å². The van der Waals surface area contributed by atoms with Gasteiger partial charge < -0.3 is 5.73 Å². The number of aryl methyl sites for hydroxylation is 2. The van der Waals surface area contributed by atoms with E-state index in [1.807, 2.05) is 4.68 Å². The fraction of sp³-hybridized carbons (Fsp3) is 0.357. The Hall–Kier alpha value is -1.61. The predicted octanol–water partition coefficient (Wildman–Crippen LogP) is 2.52. The Morgan fingerprint density at radius 1 is 1.41 bits per heavy atom. The zero-order valence-corrected chi connectivity index (χ0v) is 10.1. The average Bonchev–Trinajstić information content (AvgIpc) is 2.74. The third-order valence-corrected chi connectivity index (χ3v) is 3.40. The first kappa shape index (κ1) is 10.5. The van der Waals surface area contributed by atoms with E-state index >= 15 is 0 Å². The summed E-state index contributed by atoms with van der Waals surface area (Å²) in [4.78, 5) is 0. The van der Waals surface area contributed by atoms with E-state index in [4.69, 9.17) is 5.73 Å². The van der Waals surface area contributed by atoms with Crippen LogP contribution < -0.4 is 5.73 Å². The Kier molecular flexibility index (Phi) is 2.48. The predicted molar refractivity (Wildman–Crippen MR) is 68.2 cm³/mol. The van der Waals surface area contributed by atoms with E-state index in [1.165, 1.54) is 17.5 Å². The lowest BCUT2D eigenvalue weighted by Crippen LogP contribution is -2.17. The fourth-order valence-corrected chi connectivity index (χ4v) is 2.48. The van der Waals surface area contributed by atoms with Crippen molar-refractivity contribution in [2.75, 3.05) is 0 Å². The molecule has 1 heterocycles. The molecular weight excluding hydrogens is 210 g/mol. The number of aromatic nitrogens is 2. The van der Waals surface area contributed by atoms with Crippen molar-refractivity contribution in [3.05, 3.63) is 47.3 Å². The van der Waals surface area contributed by atoms with Crippen LogP contribution in [0, 0.1) is 6.92 Å². The van der Waals surface area contributed by atoms with Gasteiger partial charge in [0.15, 0.2) is 0 Å². The molecule has 0 spiro atoms. The van der Waals surface area contributed by atoms with Crippen molar-refractivity contribution in [1.29, 1.82) is 0 Å². The van der Waals surface area contributed by atoms with Crippen molar-refractivity contribution in [3.63, 3.8) is 0 Å². The van der Waals surface area contributed by atoms with Crippen molar-refractivity contribution in [2.45, 2.75) is 32.2 Å². The van der Waals surface area contributed by atoms with Crippen molar-refractivity contribution in [3.8, 4) is 5.69 Å². The third kappa shape index (κ3) is 1.87. The minimum Gasteiger partial charge on any atom is -0.323 e. The van der Waals surface area contributed by atoms with Crippen LogP contribution >= 0.6 is 0 Å². The van der Waals surface area contributed by atoms with Gasteiger partial charge >= 0.3 is 0 Å². The van der Waals surface area contributed by atoms with E-state index in [0.29, 0.717) is 0 Å². The minimum absolute atomic E-state index is 0.116. The Morgan fingerprint density at radius 2 is 2.29 bits per heavy atom. The summed E-state index contributed by atoms with van der Waals surface area (Å²) in [5, 5.41) is 4.63. The quantitative estimate of drug-likeness (QED) is 0.813. The van der Waals surface area contributed by atoms with Gasteiger partial charge in [0.05, 0.1) is 11.4 Å². The molecule has 0 radical (unpaired) electrons. The molecule has 0 saturated carbocycles. The van der Waals surface area contributed by atoms with Crippen molar-refractivity contribution in [1.82, 2.24) is 9.78 Å². The molecule has 17 heavy (non-hydrogen) atoms. The topological polar surface area (TPSA) is 43.8 Å². The summed E-state index contributed by atoms with van der Waals surface area (Å²) >= 11 is 0. The lowest BCUT2D eigenvalue weighted by molar-refractivity contribution is 0.556. The molecule has 1 unspecified atom stereocenters. The number of hydrogen-bond acceptors (Lipinski definition) is 2. The molecule has 1 aliphatic carbocycles. The second-order valence-corrected chi connectivity index (χ2v) is 4.82. The van der Waals surface area contributed by atoms with Gasteiger partial charge in [-0.05, 0) is 49.4 Å². The van der Waals surface area contributed by atoms with E-state index in [9.17, 15) is 0 Å². The van der Waals surface area contributed by atoms with E-state index in [0.717, 1.165) is 24.2 Å². The summed E-state index contributed by atoms with van der Waals surface area (Å²) in [6.45, 7) is 2.10. The maximum Gasteiger partial charge on any atom is 0.0828 e. The second kappa shape index (κ2) is 4.00. The minimum atomic E-state index is 0.116. The highest BCUT2D eigenvalue weighted by atomic mass is 15.3. The first-order chi connectivity index (χ1) is 8.24. The highest BCUT2D eigenvalue weighted by Crippen LogP contribution is 2.27. The van der Waals surface area contributed by atoms with Crippen LogP contribution in [0.4, 0.5) is 0 Å². The van der Waals surface area contributed by atoms with E-state index < -0.39 is 0 Å². The summed E-state index contributed by atoms with van der Waals surface area (Å²) < 4.78 is 1.96. The number of nitrogens with two attached hydrogens (primary N) is 1. The highest BCUT2D eigenvalue weighted by Gasteiger charge is 2.20. The molecule has 3 rings (SSSR count). The molecule has 0 amide bonds. The molecule has 1 aliphatic rings. The van der Waals surface area contributed by atoms with Gasteiger partial charge in [-0.2, -0.15) is 5.10 Å². The molecule has 3 heteroatoms. The van der Waals surface area contributed by atoms with E-state index in [2.05, 4.69) is 42.5 Å². The Balaban J connectivity index is 2.05. The molecule has 2 aromatic rings. The van der Waals surface area contributed by atoms with Crippen LogP contribution in [0.2, 0.25) is 0 Å². The average molecular weight is 227 g/mol. The smallest absolute Gasteiger partial charge is 0.0828 e. The van der Waals surface area contributed by atoms with Gasteiger partial charge in [0.25, 0.3) is 0 Å². The monoisotopic (exact) mass is 227 g/mol. The zero-order chi connectivity index (χ0) is 11.8. The molecule has 0 aliphatic heterocycles. The van der Waals surface area contributed by atoms with Crippen LogP contribution in [-0.4, -0.2) is 9.78 Å². The summed E-state index contributed by atoms with van der Waals surface area (Å²) in [6, 6.07) is 8.50. The highest BCUT2D eigenvalue weighted by molar-refractivity contribution is 5.37. The summed E-state index contributed by atoms with van der Waals surface area (Å²) in [5.74, 6) is 0. The van der Waals surface area contributed by atoms with Gasteiger partial charge in [0.2, 0.25) is 0 Å². The fourth-order valence-electron chi connectivity index (χ4n) is 2.48. The van der Waals surface area contributed by atoms with Gasteiger partial charge in [-0.1, -0.05) is 12.1 Å². The number of nitrogens with zero attached hydrogens (tertiary/aromatic N) is 2. The summed E-state index contributed by atoms with van der Waals surface area (Å²) in [7, 11) is 0. The number of rotatable bonds is 1. The molecular formula is C14H17N3. The van der Waals surface area contributed by atoms with Crippen molar-refractivity contribution < 1.29 is 0 Å². The number of hydrogen-bond donors (Lipinski definition) is 1. The van der Waals surface area contributed by atoms with Crippen LogP contribution in [0.1, 0.15) is 35.7 Å². The lowest BCUT2D eigenvalue weighted by Gasteiger charge is -2.15. The first-order valence-electron chi connectivity index (χ1n) is 6.15. The molecule has 1 aromatic heterocycles. The number of benzene rings is 1. The lowest BCUT2D eigenvalue weighted by atomic mass is 9.95. The molecule has 1 atom stereocenters. The van der Waals surface area contributed by atoms with Gasteiger partial charge in [0.1, 0.15) is 0 Å². The Labute approximate surface area is 101 Å².